The van der Waals surface area contributed by atoms with Gasteiger partial charge in [0.25, 0.3) is 0 Å². The highest BCUT2D eigenvalue weighted by Crippen LogP contribution is 2.58. The Labute approximate surface area is 297 Å². The first-order valence-corrected chi connectivity index (χ1v) is 20.7. The maximum atomic E-state index is 12.2. The number of aliphatic hydroxyl groups excluding tert-OH is 3. The molecule has 0 bridgehead atoms. The van der Waals surface area contributed by atoms with Crippen LogP contribution in [-0.4, -0.2) is 39.7 Å². The van der Waals surface area contributed by atoms with Crippen LogP contribution in [0.3, 0.4) is 0 Å². The average molecular weight is 691 g/mol. The molecule has 0 spiro atoms. The van der Waals surface area contributed by atoms with Gasteiger partial charge in [0.05, 0.1) is 30.2 Å². The fourth-order valence-corrected chi connectivity index (χ4v) is 12.1. The summed E-state index contributed by atoms with van der Waals surface area (Å²) in [6, 6.07) is 0. The van der Waals surface area contributed by atoms with Gasteiger partial charge in [0, 0.05) is 23.7 Å². The summed E-state index contributed by atoms with van der Waals surface area (Å²) in [5.41, 5.74) is 1.60. The number of aliphatic hydroxyl groups is 3. The third kappa shape index (κ3) is 8.22. The van der Waals surface area contributed by atoms with Gasteiger partial charge >= 0.3 is 0 Å². The van der Waals surface area contributed by atoms with Crippen LogP contribution in [0, 0.1) is 74.9 Å². The van der Waals surface area contributed by atoms with E-state index >= 15 is 0 Å². The second-order valence-corrected chi connectivity index (χ2v) is 22.2. The van der Waals surface area contributed by atoms with Crippen molar-refractivity contribution in [3.8, 4) is 0 Å². The number of fused-ring (bicyclic) bond motifs is 2. The number of hydrogen-bond acceptors (Lipinski definition) is 5. The van der Waals surface area contributed by atoms with Crippen molar-refractivity contribution in [1.29, 1.82) is 0 Å². The molecule has 14 unspecified atom stereocenters. The van der Waals surface area contributed by atoms with Crippen LogP contribution < -0.4 is 0 Å². The Morgan fingerprint density at radius 3 is 1.81 bits per heavy atom. The molecule has 4 saturated carbocycles. The van der Waals surface area contributed by atoms with Crippen LogP contribution in [-0.2, 0) is 9.05 Å². The molecule has 0 radical (unpaired) electrons. The number of allylic oxidation sites excluding steroid dienone is 1. The molecule has 6 heteroatoms. The maximum Gasteiger partial charge on any atom is 0.155 e. The van der Waals surface area contributed by atoms with E-state index in [0.29, 0.717) is 35.3 Å². The summed E-state index contributed by atoms with van der Waals surface area (Å²) in [4.78, 5) is 0. The quantitative estimate of drug-likeness (QED) is 0.250. The molecule has 5 aliphatic rings. The summed E-state index contributed by atoms with van der Waals surface area (Å²) in [7, 11) is -0.0931. The van der Waals surface area contributed by atoms with Gasteiger partial charge in [-0.3, -0.25) is 0 Å². The van der Waals surface area contributed by atoms with Gasteiger partial charge in [-0.25, -0.2) is 0 Å². The number of hydrogen-bond donors (Lipinski definition) is 3. The predicted octanol–water partition coefficient (Wildman–Crippen LogP) is 10.9. The van der Waals surface area contributed by atoms with Crippen LogP contribution >= 0.6 is 9.03 Å². The lowest BCUT2D eigenvalue weighted by molar-refractivity contribution is -0.148. The Kier molecular flexibility index (Phi) is 11.6. The molecular weight excluding hydrogens is 615 g/mol. The topological polar surface area (TPSA) is 79.2 Å². The molecule has 0 aromatic rings. The van der Waals surface area contributed by atoms with Crippen molar-refractivity contribution in [1.82, 2.24) is 0 Å². The Bertz CT molecular complexity index is 1120. The standard InChI is InChI=1S/C42H75O5P/c1-39(2,3)26-20-28(36(44)30(22-26)41(7,8)9)29-21-27(40(4,5)6)23-31(42(10,11)12)38(29)47-48-46-33-18-14-16-25-19-24-15-13-17-32(43)34(24)37(45)35(25)33/h24-27,29-35,37-38,43-45,48H,13-23H2,1-12H3. The highest BCUT2D eigenvalue weighted by atomic mass is 31.1. The van der Waals surface area contributed by atoms with Gasteiger partial charge in [0.15, 0.2) is 9.03 Å². The van der Waals surface area contributed by atoms with Crippen molar-refractivity contribution in [2.75, 3.05) is 0 Å². The monoisotopic (exact) mass is 691 g/mol. The normalized spacial score (nSPS) is 42.2. The maximum absolute atomic E-state index is 12.2. The van der Waals surface area contributed by atoms with E-state index in [4.69, 9.17) is 9.05 Å². The lowest BCUT2D eigenvalue weighted by Gasteiger charge is -2.53. The van der Waals surface area contributed by atoms with E-state index in [1.807, 2.05) is 0 Å². The minimum Gasteiger partial charge on any atom is -0.512 e. The van der Waals surface area contributed by atoms with E-state index in [1.165, 1.54) is 5.57 Å². The van der Waals surface area contributed by atoms with Gasteiger partial charge in [-0.1, -0.05) is 95.9 Å². The Balaban J connectivity index is 1.44. The first-order chi connectivity index (χ1) is 22.1. The van der Waals surface area contributed by atoms with Gasteiger partial charge < -0.3 is 24.4 Å². The highest BCUT2D eigenvalue weighted by molar-refractivity contribution is 7.26. The molecule has 0 amide bonds. The lowest BCUT2D eigenvalue weighted by Crippen LogP contribution is -2.55. The predicted molar refractivity (Wildman–Crippen MR) is 200 cm³/mol. The summed E-state index contributed by atoms with van der Waals surface area (Å²) >= 11 is 0. The lowest BCUT2D eigenvalue weighted by atomic mass is 9.55. The van der Waals surface area contributed by atoms with E-state index < -0.39 is 12.2 Å². The largest absolute Gasteiger partial charge is 0.512 e. The highest BCUT2D eigenvalue weighted by Gasteiger charge is 2.53. The molecule has 0 saturated heterocycles. The van der Waals surface area contributed by atoms with E-state index in [2.05, 4.69) is 83.1 Å². The van der Waals surface area contributed by atoms with Gasteiger partial charge in [-0.05, 0) is 115 Å². The zero-order valence-corrected chi connectivity index (χ0v) is 33.9. The van der Waals surface area contributed by atoms with E-state index in [1.54, 1.807) is 0 Å². The SMILES string of the molecule is CC(C)(C)C1CC(C2CC(C(C)(C)C)CC(C(C)(C)C)C2OPOC2CCCC3CC4CCCC(O)C4C(O)C32)=C(O)C(C(C)(C)C)C1. The molecule has 0 aromatic carbocycles. The second kappa shape index (κ2) is 14.3. The molecule has 5 aliphatic carbocycles. The third-order valence-corrected chi connectivity index (χ3v) is 15.2. The van der Waals surface area contributed by atoms with E-state index in [9.17, 15) is 15.3 Å². The fourth-order valence-electron chi connectivity index (χ4n) is 11.2. The van der Waals surface area contributed by atoms with E-state index in [-0.39, 0.29) is 66.6 Å². The van der Waals surface area contributed by atoms with Crippen LogP contribution in [0.5, 0.6) is 0 Å². The molecule has 0 heterocycles. The van der Waals surface area contributed by atoms with Gasteiger partial charge in [0.1, 0.15) is 0 Å². The van der Waals surface area contributed by atoms with Crippen LogP contribution in [0.4, 0.5) is 0 Å². The molecule has 0 aliphatic heterocycles. The minimum absolute atomic E-state index is 0.0106. The molecule has 4 fully saturated rings. The molecule has 14 atom stereocenters. The Morgan fingerprint density at radius 2 is 1.23 bits per heavy atom. The smallest absolute Gasteiger partial charge is 0.155 e. The van der Waals surface area contributed by atoms with E-state index in [0.717, 1.165) is 70.6 Å². The first-order valence-electron chi connectivity index (χ1n) is 19.9. The Morgan fingerprint density at radius 1 is 0.625 bits per heavy atom. The summed E-state index contributed by atoms with van der Waals surface area (Å²) in [5.74, 6) is 3.29. The molecule has 5 rings (SSSR count). The minimum atomic E-state index is -0.496. The molecule has 278 valence electrons. The van der Waals surface area contributed by atoms with Crippen molar-refractivity contribution >= 4 is 9.03 Å². The zero-order valence-electron chi connectivity index (χ0n) is 32.9. The van der Waals surface area contributed by atoms with Gasteiger partial charge in [-0.15, -0.1) is 0 Å². The van der Waals surface area contributed by atoms with Crippen LogP contribution in [0.1, 0.15) is 154 Å². The molecule has 0 aromatic heterocycles. The van der Waals surface area contributed by atoms with Gasteiger partial charge in [-0.2, -0.15) is 0 Å². The fraction of sp³-hybridized carbons (Fsp3) is 0.952. The molecule has 3 N–H and O–H groups in total. The summed E-state index contributed by atoms with van der Waals surface area (Å²) in [5, 5.41) is 34.9. The third-order valence-electron chi connectivity index (χ3n) is 14.4. The molecule has 5 nitrogen and oxygen atoms in total. The van der Waals surface area contributed by atoms with Crippen LogP contribution in [0.2, 0.25) is 0 Å². The van der Waals surface area contributed by atoms with Crippen molar-refractivity contribution in [3.63, 3.8) is 0 Å². The summed E-state index contributed by atoms with van der Waals surface area (Å²) < 4.78 is 13.9. The van der Waals surface area contributed by atoms with Crippen molar-refractivity contribution in [2.24, 2.45) is 74.9 Å². The van der Waals surface area contributed by atoms with Crippen molar-refractivity contribution in [2.45, 2.75) is 178 Å². The van der Waals surface area contributed by atoms with Crippen molar-refractivity contribution in [3.05, 3.63) is 11.3 Å². The van der Waals surface area contributed by atoms with Crippen molar-refractivity contribution < 1.29 is 24.4 Å². The number of rotatable bonds is 5. The second-order valence-electron chi connectivity index (χ2n) is 21.6. The van der Waals surface area contributed by atoms with Crippen LogP contribution in [0.15, 0.2) is 11.3 Å². The summed E-state index contributed by atoms with van der Waals surface area (Å²) in [6.45, 7) is 28.3. The van der Waals surface area contributed by atoms with Gasteiger partial charge in [0.2, 0.25) is 0 Å². The molecule has 48 heavy (non-hydrogen) atoms. The molecular formula is C42H75O5P. The zero-order chi connectivity index (χ0) is 35.6. The average Bonchev–Trinajstić information content (AvgIpc) is 2.95. The summed E-state index contributed by atoms with van der Waals surface area (Å²) in [6.07, 6.45) is 10.6. The first kappa shape index (κ1) is 39.0. The Hall–Kier alpha value is -0.190. The van der Waals surface area contributed by atoms with Crippen LogP contribution in [0.25, 0.3) is 0 Å².